The van der Waals surface area contributed by atoms with Crippen molar-refractivity contribution >= 4 is 0 Å². The molecule has 1 fully saturated rings. The molecule has 1 N–H and O–H groups in total. The Morgan fingerprint density at radius 2 is 2.41 bits per heavy atom. The quantitative estimate of drug-likeness (QED) is 0.878. The minimum absolute atomic E-state index is 0.0166. The van der Waals surface area contributed by atoms with Crippen molar-refractivity contribution in [1.82, 2.24) is 20.3 Å². The summed E-state index contributed by atoms with van der Waals surface area (Å²) in [7, 11) is 1.83. The maximum absolute atomic E-state index is 13.2. The normalized spacial score (nSPS) is 23.8. The van der Waals surface area contributed by atoms with Crippen molar-refractivity contribution in [3.8, 4) is 0 Å². The van der Waals surface area contributed by atoms with Crippen LogP contribution in [0.4, 0.5) is 8.78 Å². The highest BCUT2D eigenvalue weighted by molar-refractivity contribution is 4.91. The zero-order chi connectivity index (χ0) is 12.3. The molecule has 1 heterocycles. The van der Waals surface area contributed by atoms with Gasteiger partial charge in [0.15, 0.2) is 0 Å². The monoisotopic (exact) mass is 244 g/mol. The summed E-state index contributed by atoms with van der Waals surface area (Å²) in [5.74, 6) is -2.47. The largest absolute Gasteiger partial charge is 0.314 e. The highest BCUT2D eigenvalue weighted by Gasteiger charge is 2.36. The highest BCUT2D eigenvalue weighted by atomic mass is 19.3. The van der Waals surface area contributed by atoms with E-state index in [4.69, 9.17) is 0 Å². The predicted molar refractivity (Wildman–Crippen MR) is 59.7 cm³/mol. The molecule has 17 heavy (non-hydrogen) atoms. The van der Waals surface area contributed by atoms with Crippen LogP contribution >= 0.6 is 0 Å². The Hall–Kier alpha value is -1.04. The Morgan fingerprint density at radius 3 is 3.12 bits per heavy atom. The van der Waals surface area contributed by atoms with E-state index in [0.29, 0.717) is 19.5 Å². The zero-order valence-electron chi connectivity index (χ0n) is 9.99. The standard InChI is InChI=1S/C11H18F2N4/c1-14-6-10-8-17(16-15-10)7-9-3-2-4-11(12,13)5-9/h8-9,14H,2-7H2,1H3. The first kappa shape index (κ1) is 12.4. The number of alkyl halides is 2. The SMILES string of the molecule is CNCc1cn(CC2CCCC(F)(F)C2)nn1. The fourth-order valence-electron chi connectivity index (χ4n) is 2.39. The van der Waals surface area contributed by atoms with Crippen LogP contribution in [-0.2, 0) is 13.1 Å². The van der Waals surface area contributed by atoms with Crippen LogP contribution in [-0.4, -0.2) is 28.0 Å². The molecule has 1 saturated carbocycles. The zero-order valence-corrected chi connectivity index (χ0v) is 9.99. The number of aromatic nitrogens is 3. The third-order valence-electron chi connectivity index (χ3n) is 3.13. The number of hydrogen-bond acceptors (Lipinski definition) is 3. The summed E-state index contributed by atoms with van der Waals surface area (Å²) in [6.45, 7) is 1.20. The number of rotatable bonds is 4. The Kier molecular flexibility index (Phi) is 3.71. The summed E-state index contributed by atoms with van der Waals surface area (Å²) >= 11 is 0. The van der Waals surface area contributed by atoms with Crippen molar-refractivity contribution in [2.45, 2.75) is 44.7 Å². The van der Waals surface area contributed by atoms with Gasteiger partial charge in [0.1, 0.15) is 0 Å². The second-order valence-corrected chi connectivity index (χ2v) is 4.78. The molecule has 6 heteroatoms. The van der Waals surface area contributed by atoms with Crippen LogP contribution in [0.15, 0.2) is 6.20 Å². The van der Waals surface area contributed by atoms with Crippen LogP contribution in [0.3, 0.4) is 0 Å². The van der Waals surface area contributed by atoms with Gasteiger partial charge in [-0.25, -0.2) is 8.78 Å². The third-order valence-corrected chi connectivity index (χ3v) is 3.13. The number of hydrogen-bond donors (Lipinski definition) is 1. The number of nitrogens with zero attached hydrogens (tertiary/aromatic N) is 3. The second-order valence-electron chi connectivity index (χ2n) is 4.78. The fourth-order valence-corrected chi connectivity index (χ4v) is 2.39. The molecular formula is C11H18F2N4. The van der Waals surface area contributed by atoms with Crippen LogP contribution in [0.25, 0.3) is 0 Å². The molecule has 1 aliphatic rings. The molecule has 0 aromatic carbocycles. The van der Waals surface area contributed by atoms with E-state index in [1.165, 1.54) is 0 Å². The minimum Gasteiger partial charge on any atom is -0.314 e. The first-order valence-corrected chi connectivity index (χ1v) is 6.00. The molecule has 1 aliphatic carbocycles. The average molecular weight is 244 g/mol. The molecule has 0 radical (unpaired) electrons. The molecule has 96 valence electrons. The summed E-state index contributed by atoms with van der Waals surface area (Å²) in [5, 5.41) is 10.9. The number of nitrogens with one attached hydrogen (secondary N) is 1. The van der Waals surface area contributed by atoms with E-state index >= 15 is 0 Å². The van der Waals surface area contributed by atoms with Gasteiger partial charge in [-0.2, -0.15) is 0 Å². The molecule has 1 unspecified atom stereocenters. The molecule has 0 amide bonds. The van der Waals surface area contributed by atoms with Gasteiger partial charge in [0.25, 0.3) is 0 Å². The van der Waals surface area contributed by atoms with Gasteiger partial charge in [-0.05, 0) is 25.8 Å². The summed E-state index contributed by atoms with van der Waals surface area (Å²) in [6, 6.07) is 0. The predicted octanol–water partition coefficient (Wildman–Crippen LogP) is 1.82. The van der Waals surface area contributed by atoms with E-state index in [-0.39, 0.29) is 18.8 Å². The second kappa shape index (κ2) is 5.08. The van der Waals surface area contributed by atoms with Crippen molar-refractivity contribution in [1.29, 1.82) is 0 Å². The van der Waals surface area contributed by atoms with Gasteiger partial charge >= 0.3 is 0 Å². The van der Waals surface area contributed by atoms with Crippen molar-refractivity contribution in [3.63, 3.8) is 0 Å². The topological polar surface area (TPSA) is 42.7 Å². The molecule has 1 atom stereocenters. The van der Waals surface area contributed by atoms with Gasteiger partial charge < -0.3 is 5.32 Å². The fraction of sp³-hybridized carbons (Fsp3) is 0.818. The van der Waals surface area contributed by atoms with Crippen LogP contribution in [0.5, 0.6) is 0 Å². The van der Waals surface area contributed by atoms with Gasteiger partial charge in [0.05, 0.1) is 5.69 Å². The van der Waals surface area contributed by atoms with Crippen molar-refractivity contribution in [2.24, 2.45) is 5.92 Å². The lowest BCUT2D eigenvalue weighted by Gasteiger charge is -2.28. The molecule has 0 aliphatic heterocycles. The van der Waals surface area contributed by atoms with Crippen LogP contribution < -0.4 is 5.32 Å². The molecule has 4 nitrogen and oxygen atoms in total. The molecule has 2 rings (SSSR count). The summed E-state index contributed by atoms with van der Waals surface area (Å²) in [6.07, 6.45) is 3.30. The first-order valence-electron chi connectivity index (χ1n) is 6.00. The molecular weight excluding hydrogens is 226 g/mol. The highest BCUT2D eigenvalue weighted by Crippen LogP contribution is 2.37. The molecule has 1 aromatic heterocycles. The summed E-state index contributed by atoms with van der Waals surface area (Å²) in [4.78, 5) is 0. The Balaban J connectivity index is 1.91. The van der Waals surface area contributed by atoms with Gasteiger partial charge in [-0.1, -0.05) is 5.21 Å². The molecule has 0 saturated heterocycles. The lowest BCUT2D eigenvalue weighted by molar-refractivity contribution is -0.0552. The van der Waals surface area contributed by atoms with Gasteiger partial charge in [-0.15, -0.1) is 5.10 Å². The molecule has 0 spiro atoms. The minimum atomic E-state index is -2.49. The molecule has 0 bridgehead atoms. The van der Waals surface area contributed by atoms with Gasteiger partial charge in [0, 0.05) is 32.1 Å². The van der Waals surface area contributed by atoms with E-state index in [1.807, 2.05) is 13.2 Å². The van der Waals surface area contributed by atoms with Crippen LogP contribution in [0.2, 0.25) is 0 Å². The summed E-state index contributed by atoms with van der Waals surface area (Å²) in [5.41, 5.74) is 0.843. The number of halogens is 2. The van der Waals surface area contributed by atoms with Crippen LogP contribution in [0.1, 0.15) is 31.4 Å². The van der Waals surface area contributed by atoms with Crippen molar-refractivity contribution in [3.05, 3.63) is 11.9 Å². The van der Waals surface area contributed by atoms with E-state index in [0.717, 1.165) is 12.1 Å². The first-order chi connectivity index (χ1) is 8.09. The van der Waals surface area contributed by atoms with Gasteiger partial charge in [0.2, 0.25) is 5.92 Å². The van der Waals surface area contributed by atoms with Crippen LogP contribution in [0, 0.1) is 5.92 Å². The Bertz CT molecular complexity index is 364. The van der Waals surface area contributed by atoms with E-state index < -0.39 is 5.92 Å². The van der Waals surface area contributed by atoms with Gasteiger partial charge in [-0.3, -0.25) is 4.68 Å². The van der Waals surface area contributed by atoms with E-state index in [2.05, 4.69) is 15.6 Å². The maximum Gasteiger partial charge on any atom is 0.248 e. The average Bonchev–Trinajstić information content (AvgIpc) is 2.64. The lowest BCUT2D eigenvalue weighted by atomic mass is 9.86. The van der Waals surface area contributed by atoms with E-state index in [9.17, 15) is 8.78 Å². The third kappa shape index (κ3) is 3.46. The maximum atomic E-state index is 13.2. The van der Waals surface area contributed by atoms with Crippen molar-refractivity contribution in [2.75, 3.05) is 7.05 Å². The smallest absolute Gasteiger partial charge is 0.248 e. The van der Waals surface area contributed by atoms with Crippen molar-refractivity contribution < 1.29 is 8.78 Å². The Morgan fingerprint density at radius 1 is 1.59 bits per heavy atom. The molecule has 1 aromatic rings. The summed E-state index contributed by atoms with van der Waals surface area (Å²) < 4.78 is 28.1. The Labute approximate surface area is 99.4 Å². The van der Waals surface area contributed by atoms with E-state index in [1.54, 1.807) is 4.68 Å². The lowest BCUT2D eigenvalue weighted by Crippen LogP contribution is -2.28.